The lowest BCUT2D eigenvalue weighted by molar-refractivity contribution is 0.251. The Morgan fingerprint density at radius 3 is 2.54 bits per heavy atom. The number of rotatable bonds is 8. The van der Waals surface area contributed by atoms with Crippen LogP contribution >= 0.6 is 0 Å². The van der Waals surface area contributed by atoms with Crippen LogP contribution in [0.1, 0.15) is 26.7 Å². The molecule has 0 radical (unpaired) electrons. The molecule has 0 rings (SSSR count). The summed E-state index contributed by atoms with van der Waals surface area (Å²) in [5, 5.41) is 0. The van der Waals surface area contributed by atoms with E-state index in [-0.39, 0.29) is 0 Å². The van der Waals surface area contributed by atoms with Crippen molar-refractivity contribution in [2.45, 2.75) is 26.7 Å². The largest absolute Gasteiger partial charge is 0.330 e. The Labute approximate surface area is 82.8 Å². The molecule has 13 heavy (non-hydrogen) atoms. The second kappa shape index (κ2) is 8.27. The molecule has 0 aliphatic heterocycles. The van der Waals surface area contributed by atoms with Crippen LogP contribution in [0.2, 0.25) is 0 Å². The minimum atomic E-state index is 0.645. The summed E-state index contributed by atoms with van der Waals surface area (Å²) in [6.45, 7) is 12.2. The average Bonchev–Trinajstić information content (AvgIpc) is 2.14. The molecule has 0 aromatic heterocycles. The van der Waals surface area contributed by atoms with E-state index in [0.717, 1.165) is 26.2 Å². The Morgan fingerprint density at radius 1 is 1.46 bits per heavy atom. The maximum absolute atomic E-state index is 5.67. The van der Waals surface area contributed by atoms with Gasteiger partial charge in [0.05, 0.1) is 0 Å². The smallest absolute Gasteiger partial charge is 0.0160 e. The lowest BCUT2D eigenvalue weighted by atomic mass is 10.1. The molecule has 0 amide bonds. The summed E-state index contributed by atoms with van der Waals surface area (Å²) in [6.07, 6.45) is 4.35. The van der Waals surface area contributed by atoms with Crippen LogP contribution in [0.25, 0.3) is 0 Å². The van der Waals surface area contributed by atoms with Gasteiger partial charge in [0.1, 0.15) is 0 Å². The zero-order valence-electron chi connectivity index (χ0n) is 9.13. The van der Waals surface area contributed by atoms with E-state index >= 15 is 0 Å². The number of nitrogens with zero attached hydrogens (tertiary/aromatic N) is 1. The highest BCUT2D eigenvalue weighted by atomic mass is 15.1. The molecule has 0 saturated carbocycles. The van der Waals surface area contributed by atoms with Gasteiger partial charge in [-0.05, 0) is 25.4 Å². The first kappa shape index (κ1) is 12.7. The zero-order valence-corrected chi connectivity index (χ0v) is 9.13. The topological polar surface area (TPSA) is 29.3 Å². The first-order valence-electron chi connectivity index (χ1n) is 5.31. The van der Waals surface area contributed by atoms with E-state index in [1.165, 1.54) is 12.8 Å². The number of hydrogen-bond acceptors (Lipinski definition) is 2. The van der Waals surface area contributed by atoms with Crippen molar-refractivity contribution in [3.63, 3.8) is 0 Å². The van der Waals surface area contributed by atoms with E-state index in [1.54, 1.807) is 0 Å². The summed E-state index contributed by atoms with van der Waals surface area (Å²) >= 11 is 0. The van der Waals surface area contributed by atoms with Crippen LogP contribution < -0.4 is 5.73 Å². The SMILES string of the molecule is C=CCN(CCC)CC(CC)CN. The van der Waals surface area contributed by atoms with Gasteiger partial charge in [-0.25, -0.2) is 0 Å². The third-order valence-electron chi connectivity index (χ3n) is 2.35. The van der Waals surface area contributed by atoms with Gasteiger partial charge in [-0.1, -0.05) is 26.3 Å². The van der Waals surface area contributed by atoms with Gasteiger partial charge < -0.3 is 5.73 Å². The van der Waals surface area contributed by atoms with Gasteiger partial charge in [0.2, 0.25) is 0 Å². The van der Waals surface area contributed by atoms with Crippen molar-refractivity contribution in [2.24, 2.45) is 11.7 Å². The Kier molecular flexibility index (Phi) is 8.05. The predicted octanol–water partition coefficient (Wildman–Crippen LogP) is 1.87. The maximum Gasteiger partial charge on any atom is 0.0160 e. The minimum Gasteiger partial charge on any atom is -0.330 e. The average molecular weight is 184 g/mol. The molecular weight excluding hydrogens is 160 g/mol. The van der Waals surface area contributed by atoms with Gasteiger partial charge in [0.15, 0.2) is 0 Å². The fourth-order valence-electron chi connectivity index (χ4n) is 1.49. The van der Waals surface area contributed by atoms with E-state index in [0.29, 0.717) is 5.92 Å². The van der Waals surface area contributed by atoms with Gasteiger partial charge in [-0.15, -0.1) is 6.58 Å². The fourth-order valence-corrected chi connectivity index (χ4v) is 1.49. The Balaban J connectivity index is 3.82. The van der Waals surface area contributed by atoms with Crippen molar-refractivity contribution in [2.75, 3.05) is 26.2 Å². The molecule has 0 aromatic rings. The second-order valence-corrected chi connectivity index (χ2v) is 3.56. The third kappa shape index (κ3) is 5.83. The van der Waals surface area contributed by atoms with Gasteiger partial charge in [0, 0.05) is 13.1 Å². The fraction of sp³-hybridized carbons (Fsp3) is 0.818. The van der Waals surface area contributed by atoms with Crippen LogP contribution in [0.3, 0.4) is 0 Å². The van der Waals surface area contributed by atoms with Crippen LogP contribution in [0.5, 0.6) is 0 Å². The molecule has 2 heteroatoms. The summed E-state index contributed by atoms with van der Waals surface area (Å²) in [7, 11) is 0. The highest BCUT2D eigenvalue weighted by Crippen LogP contribution is 2.04. The molecule has 1 unspecified atom stereocenters. The van der Waals surface area contributed by atoms with Crippen molar-refractivity contribution in [1.29, 1.82) is 0 Å². The van der Waals surface area contributed by atoms with Crippen LogP contribution in [0, 0.1) is 5.92 Å². The maximum atomic E-state index is 5.67. The molecule has 2 N–H and O–H groups in total. The lowest BCUT2D eigenvalue weighted by Gasteiger charge is -2.24. The summed E-state index contributed by atoms with van der Waals surface area (Å²) in [4.78, 5) is 2.42. The molecular formula is C11H24N2. The molecule has 0 saturated heterocycles. The normalized spacial score (nSPS) is 13.2. The van der Waals surface area contributed by atoms with E-state index in [2.05, 4.69) is 25.3 Å². The monoisotopic (exact) mass is 184 g/mol. The van der Waals surface area contributed by atoms with Crippen LogP contribution in [0.4, 0.5) is 0 Å². The zero-order chi connectivity index (χ0) is 10.1. The first-order chi connectivity index (χ1) is 6.28. The summed E-state index contributed by atoms with van der Waals surface area (Å²) in [6, 6.07) is 0. The summed E-state index contributed by atoms with van der Waals surface area (Å²) < 4.78 is 0. The number of nitrogens with two attached hydrogens (primary N) is 1. The van der Waals surface area contributed by atoms with Gasteiger partial charge >= 0.3 is 0 Å². The van der Waals surface area contributed by atoms with Crippen LogP contribution in [0.15, 0.2) is 12.7 Å². The minimum absolute atomic E-state index is 0.645. The molecule has 2 nitrogen and oxygen atoms in total. The molecule has 1 atom stereocenters. The number of hydrogen-bond donors (Lipinski definition) is 1. The van der Waals surface area contributed by atoms with Crippen molar-refractivity contribution in [1.82, 2.24) is 4.90 Å². The van der Waals surface area contributed by atoms with E-state index in [1.807, 2.05) is 6.08 Å². The van der Waals surface area contributed by atoms with E-state index in [9.17, 15) is 0 Å². The molecule has 0 aromatic carbocycles. The van der Waals surface area contributed by atoms with Crippen molar-refractivity contribution >= 4 is 0 Å². The third-order valence-corrected chi connectivity index (χ3v) is 2.35. The Morgan fingerprint density at radius 2 is 2.15 bits per heavy atom. The summed E-state index contributed by atoms with van der Waals surface area (Å²) in [5.74, 6) is 0.645. The predicted molar refractivity (Wildman–Crippen MR) is 59.8 cm³/mol. The van der Waals surface area contributed by atoms with Crippen molar-refractivity contribution in [3.8, 4) is 0 Å². The van der Waals surface area contributed by atoms with Crippen LogP contribution in [-0.4, -0.2) is 31.1 Å². The lowest BCUT2D eigenvalue weighted by Crippen LogP contribution is -2.33. The van der Waals surface area contributed by atoms with Gasteiger partial charge in [0.25, 0.3) is 0 Å². The quantitative estimate of drug-likeness (QED) is 0.584. The molecule has 0 aliphatic rings. The summed E-state index contributed by atoms with van der Waals surface area (Å²) in [5.41, 5.74) is 5.67. The van der Waals surface area contributed by atoms with Gasteiger partial charge in [-0.3, -0.25) is 4.90 Å². The molecule has 78 valence electrons. The molecule has 0 bridgehead atoms. The standard InChI is InChI=1S/C11H24N2/c1-4-7-13(8-5-2)10-11(6-3)9-12/h4,11H,1,5-10,12H2,2-3H3. The highest BCUT2D eigenvalue weighted by Gasteiger charge is 2.08. The Hall–Kier alpha value is -0.340. The molecule has 0 spiro atoms. The van der Waals surface area contributed by atoms with Crippen molar-refractivity contribution in [3.05, 3.63) is 12.7 Å². The highest BCUT2D eigenvalue weighted by molar-refractivity contribution is 4.75. The van der Waals surface area contributed by atoms with E-state index < -0.39 is 0 Å². The van der Waals surface area contributed by atoms with Gasteiger partial charge in [-0.2, -0.15) is 0 Å². The first-order valence-corrected chi connectivity index (χ1v) is 5.31. The van der Waals surface area contributed by atoms with Crippen LogP contribution in [-0.2, 0) is 0 Å². The Bertz CT molecular complexity index is 119. The molecule has 0 fully saturated rings. The molecule has 0 aliphatic carbocycles. The second-order valence-electron chi connectivity index (χ2n) is 3.56. The van der Waals surface area contributed by atoms with E-state index in [4.69, 9.17) is 5.73 Å². The van der Waals surface area contributed by atoms with Crippen molar-refractivity contribution < 1.29 is 0 Å². The molecule has 0 heterocycles.